The molecule has 2 unspecified atom stereocenters. The second-order valence-electron chi connectivity index (χ2n) is 21.7. The van der Waals surface area contributed by atoms with Crippen molar-refractivity contribution in [3.63, 3.8) is 0 Å². The average molecular weight is 1200 g/mol. The first-order chi connectivity index (χ1) is 40.2. The minimum Gasteiger partial charge on any atom is -0.558 e. The summed E-state index contributed by atoms with van der Waals surface area (Å²) in [5, 5.41) is 25.5. The SMILES string of the molecule is CC[C@H](C)[C@H](NC(=O)CCNC(=O)CCNC(=O)[C@@H](CCC(=O)O)NC(=O)CN1CCN(C(=O)CN2CCN3CCN(CC2)CC(=O)[O][Al]([F])[O]C(=O)C3)CC1)C(=O)N[C@H]1CCc2cccc3c2N(C1=O)[C@H](C(=O)N[C@H]1CC(=O)O[C@H]1OC)C3. The number of esters is 1. The molecule has 0 aliphatic carbocycles. The van der Waals surface area contributed by atoms with E-state index in [1.807, 2.05) is 30.0 Å². The number of aryl methyl sites for hydroxylation is 1. The maximum Gasteiger partial charge on any atom is 1.15 e. The van der Waals surface area contributed by atoms with Gasteiger partial charge in [0.2, 0.25) is 53.5 Å². The summed E-state index contributed by atoms with van der Waals surface area (Å²) >= 11 is -3.95. The summed E-state index contributed by atoms with van der Waals surface area (Å²) in [7, 11) is 1.35. The smallest absolute Gasteiger partial charge is 0.558 e. The molecule has 84 heavy (non-hydrogen) atoms. The highest BCUT2D eigenvalue weighted by Gasteiger charge is 2.47. The average Bonchev–Trinajstić information content (AvgIpc) is 2.26. The van der Waals surface area contributed by atoms with Gasteiger partial charge >= 0.3 is 27.2 Å². The van der Waals surface area contributed by atoms with Crippen LogP contribution in [0.3, 0.4) is 0 Å². The van der Waals surface area contributed by atoms with Gasteiger partial charge in [-0.1, -0.05) is 38.5 Å². The molecule has 460 valence electrons. The van der Waals surface area contributed by atoms with Crippen LogP contribution in [0.25, 0.3) is 0 Å². The van der Waals surface area contributed by atoms with Gasteiger partial charge in [0.05, 0.1) is 38.3 Å². The van der Waals surface area contributed by atoms with E-state index in [-0.39, 0.29) is 89.6 Å². The van der Waals surface area contributed by atoms with Gasteiger partial charge in [0.1, 0.15) is 30.2 Å². The third kappa shape index (κ3) is 18.3. The van der Waals surface area contributed by atoms with Crippen molar-refractivity contribution in [1.82, 2.24) is 56.4 Å². The molecule has 0 spiro atoms. The molecule has 29 nitrogen and oxygen atoms in total. The third-order valence-electron chi connectivity index (χ3n) is 15.8. The number of carboxylic acids is 1. The van der Waals surface area contributed by atoms with Gasteiger partial charge in [0.25, 0.3) is 11.9 Å². The zero-order chi connectivity index (χ0) is 60.6. The van der Waals surface area contributed by atoms with Crippen molar-refractivity contribution < 1.29 is 83.2 Å². The zero-order valence-electron chi connectivity index (χ0n) is 47.6. The van der Waals surface area contributed by atoms with Gasteiger partial charge in [-0.3, -0.25) is 82.0 Å². The lowest BCUT2D eigenvalue weighted by Gasteiger charge is -2.36. The second-order valence-corrected chi connectivity index (χ2v) is 22.7. The number of cyclic esters (lactones) is 1. The molecular formula is C53H76AlFN12O17. The number of piperazine rings is 1. The van der Waals surface area contributed by atoms with E-state index in [0.29, 0.717) is 84.0 Å². The maximum atomic E-state index is 14.4. The summed E-state index contributed by atoms with van der Waals surface area (Å²) in [5.41, 5.74) is 2.20. The molecule has 2 bridgehead atoms. The van der Waals surface area contributed by atoms with E-state index >= 15 is 0 Å². The van der Waals surface area contributed by atoms with Crippen LogP contribution in [0.15, 0.2) is 18.2 Å². The van der Waals surface area contributed by atoms with Crippen molar-refractivity contribution in [1.29, 1.82) is 0 Å². The Hall–Kier alpha value is -6.88. The lowest BCUT2D eigenvalue weighted by atomic mass is 9.97. The standard InChI is InChI=1S/C53H78N12O17.Al.FH/c1-4-32(2)47(51(79)57-36-9-8-33-6-5-7-34-26-38(65(48(33)34)52(36)80)50(78)58-37-27-46(76)82-53(37)81-3)59-40(67)13-14-54-39(66)12-15-55-49(77)35(10-11-43(70)71)56-41(68)28-60-22-24-64(25-23-60)42(69)29-61-16-18-62(30-44(72)73)20-21-63(19-17-61)31-45(74)75;;/h5-7,32,35-38,47,53H,4,8-31H2,1-3H3,(H,54,66)(H,55,77)(H,56,68)(H,57,79)(H,58,78)(H,59,67)(H,70,71)(H,72,73)(H,74,75);;1H/q;+3;/p-3/t32-,35+,36-,37-,38-,47-,53+;;/m0../s1. The molecule has 7 rings (SSSR count). The monoisotopic (exact) mass is 1200 g/mol. The molecule has 0 saturated carbocycles. The number of nitrogens with zero attached hydrogens (tertiary/aromatic N) is 6. The number of carbonyl (C=O) groups excluding carboxylic acids is 11. The molecule has 9 atom stereocenters. The second kappa shape index (κ2) is 30.8. The molecule has 7 N–H and O–H groups in total. The predicted molar refractivity (Wildman–Crippen MR) is 292 cm³/mol. The Bertz CT molecular complexity index is 2600. The Kier molecular flexibility index (Phi) is 23.7. The fourth-order valence-electron chi connectivity index (χ4n) is 10.9. The first-order valence-corrected chi connectivity index (χ1v) is 29.9. The topological polar surface area (TPSA) is 354 Å². The van der Waals surface area contributed by atoms with Gasteiger partial charge in [-0.05, 0) is 36.3 Å². The molecule has 31 heteroatoms. The molecule has 0 aromatic heterocycles. The highest BCUT2D eigenvalue weighted by atomic mass is 27.3. The van der Waals surface area contributed by atoms with Crippen molar-refractivity contribution in [3.8, 4) is 0 Å². The number of methoxy groups -OCH3 is 1. The fraction of sp³-hybridized carbons (Fsp3) is 0.660. The number of benzene rings is 1. The van der Waals surface area contributed by atoms with Crippen molar-refractivity contribution in [3.05, 3.63) is 29.3 Å². The minimum atomic E-state index is -3.95. The molecule has 8 amide bonds. The fourth-order valence-corrected chi connectivity index (χ4v) is 11.5. The van der Waals surface area contributed by atoms with Crippen LogP contribution in [0.1, 0.15) is 69.9 Å². The highest BCUT2D eigenvalue weighted by Crippen LogP contribution is 2.39. The van der Waals surface area contributed by atoms with Gasteiger partial charge in [-0.2, -0.15) is 0 Å². The number of hydrogen-bond donors (Lipinski definition) is 7. The molecule has 6 aliphatic rings. The Morgan fingerprint density at radius 3 is 2.01 bits per heavy atom. The zero-order valence-corrected chi connectivity index (χ0v) is 48.7. The van der Waals surface area contributed by atoms with E-state index in [1.165, 1.54) is 12.0 Å². The van der Waals surface area contributed by atoms with Gasteiger partial charge in [-0.25, -0.2) is 0 Å². The van der Waals surface area contributed by atoms with Gasteiger partial charge in [-0.15, -0.1) is 0 Å². The van der Waals surface area contributed by atoms with E-state index in [9.17, 15) is 66.2 Å². The van der Waals surface area contributed by atoms with Gasteiger partial charge in [0, 0.05) is 111 Å². The molecule has 6 heterocycles. The van der Waals surface area contributed by atoms with Crippen LogP contribution in [-0.4, -0.2) is 264 Å². The number of amides is 8. The number of para-hydroxylation sites is 1. The summed E-state index contributed by atoms with van der Waals surface area (Å²) in [4.78, 5) is 167. The number of nitrogens with one attached hydrogen (secondary N) is 6. The van der Waals surface area contributed by atoms with Gasteiger partial charge < -0.3 is 62.5 Å². The summed E-state index contributed by atoms with van der Waals surface area (Å²) in [6, 6.07) is 0.405. The van der Waals surface area contributed by atoms with E-state index in [1.54, 1.807) is 26.5 Å². The molecule has 4 fully saturated rings. The van der Waals surface area contributed by atoms with E-state index in [4.69, 9.17) is 17.1 Å². The molecule has 6 aliphatic heterocycles. The molecule has 0 radical (unpaired) electrons. The van der Waals surface area contributed by atoms with E-state index in [0.717, 1.165) is 11.1 Å². The Morgan fingerprint density at radius 1 is 0.738 bits per heavy atom. The normalized spacial score (nSPS) is 24.2. The largest absolute Gasteiger partial charge is 1.15 e. The van der Waals surface area contributed by atoms with E-state index < -0.39 is 123 Å². The lowest BCUT2D eigenvalue weighted by Crippen LogP contribution is -2.59. The minimum absolute atomic E-state index is 0.0510. The summed E-state index contributed by atoms with van der Waals surface area (Å²) in [6.07, 6.45) is -0.954. The summed E-state index contributed by atoms with van der Waals surface area (Å²) in [6.45, 7) is 6.48. The predicted octanol–water partition coefficient (Wildman–Crippen LogP) is -4.21. The van der Waals surface area contributed by atoms with Crippen LogP contribution in [0.2, 0.25) is 0 Å². The van der Waals surface area contributed by atoms with Crippen LogP contribution < -0.4 is 36.8 Å². The Morgan fingerprint density at radius 2 is 1.36 bits per heavy atom. The molecule has 4 saturated heterocycles. The van der Waals surface area contributed by atoms with Crippen LogP contribution in [-0.2, 0) is 87.4 Å². The third-order valence-corrected chi connectivity index (χ3v) is 16.7. The first kappa shape index (κ1) is 64.7. The number of fused-ring (bicyclic) bond motifs is 3. The van der Waals surface area contributed by atoms with Crippen molar-refractivity contribution in [2.45, 2.75) is 108 Å². The quantitative estimate of drug-likeness (QED) is 0.0403. The number of rotatable bonds is 23. The molecule has 1 aromatic carbocycles. The van der Waals surface area contributed by atoms with Crippen LogP contribution >= 0.6 is 0 Å². The maximum absolute atomic E-state index is 14.4. The molecule has 1 aromatic rings. The number of ether oxygens (including phenoxy) is 2. The lowest BCUT2D eigenvalue weighted by molar-refractivity contribution is -0.160. The first-order valence-electron chi connectivity index (χ1n) is 28.5. The highest BCUT2D eigenvalue weighted by molar-refractivity contribution is 6.41. The van der Waals surface area contributed by atoms with Crippen LogP contribution in [0.4, 0.5) is 9.21 Å². The number of aliphatic carboxylic acids is 1. The Balaban J connectivity index is 0.818. The summed E-state index contributed by atoms with van der Waals surface area (Å²) < 4.78 is 33.8. The van der Waals surface area contributed by atoms with E-state index in [2.05, 4.69) is 31.9 Å². The number of hydrogen-bond acceptors (Lipinski definition) is 20. The van der Waals surface area contributed by atoms with Gasteiger partial charge in [0.15, 0.2) is 0 Å². The summed E-state index contributed by atoms with van der Waals surface area (Å²) in [5.74, 6) is -7.96. The van der Waals surface area contributed by atoms with Crippen molar-refractivity contribution >= 4 is 92.1 Å². The van der Waals surface area contributed by atoms with Crippen LogP contribution in [0.5, 0.6) is 0 Å². The number of halogens is 1. The van der Waals surface area contributed by atoms with Crippen molar-refractivity contribution in [2.75, 3.05) is 117 Å². The van der Waals surface area contributed by atoms with Crippen molar-refractivity contribution in [2.24, 2.45) is 5.92 Å². The van der Waals surface area contributed by atoms with Crippen LogP contribution in [0, 0.1) is 5.92 Å². The number of carbonyl (C=O) groups is 12. The molecular weight excluding hydrogens is 1120 g/mol. The number of anilines is 1. The Labute approximate surface area is 490 Å². The number of carboxylic acid groups (broad SMARTS) is 1.